The maximum absolute atomic E-state index is 13.6. The van der Waals surface area contributed by atoms with E-state index in [1.807, 2.05) is 64.1 Å². The number of carbonyl (C=O) groups is 5. The van der Waals surface area contributed by atoms with E-state index >= 15 is 0 Å². The number of carbonyl (C=O) groups excluding carboxylic acids is 5. The number of aliphatic hydroxyl groups excluding tert-OH is 1. The Hall–Kier alpha value is -6.69. The molecule has 0 spiro atoms. The molecular weight excluding hydrogens is 783 g/mol. The molecule has 18 heteroatoms. The van der Waals surface area contributed by atoms with Crippen LogP contribution in [0.3, 0.4) is 0 Å². The Bertz CT molecular complexity index is 2590. The zero-order chi connectivity index (χ0) is 43.1. The third-order valence-electron chi connectivity index (χ3n) is 11.7. The first-order chi connectivity index (χ1) is 29.3. The topological polar surface area (TPSA) is 246 Å². The zero-order valence-electron chi connectivity index (χ0n) is 34.7. The summed E-state index contributed by atoms with van der Waals surface area (Å²) in [7, 11) is 1.28. The fourth-order valence-electron chi connectivity index (χ4n) is 8.56. The lowest BCUT2D eigenvalue weighted by molar-refractivity contribution is -0.139. The third-order valence-corrected chi connectivity index (χ3v) is 11.7. The third kappa shape index (κ3) is 8.14. The van der Waals surface area contributed by atoms with Gasteiger partial charge < -0.3 is 55.5 Å². The lowest BCUT2D eigenvalue weighted by Gasteiger charge is -2.30. The highest BCUT2D eigenvalue weighted by molar-refractivity contribution is 6.08. The van der Waals surface area contributed by atoms with Gasteiger partial charge in [0.25, 0.3) is 5.91 Å². The van der Waals surface area contributed by atoms with Gasteiger partial charge in [0.05, 0.1) is 47.8 Å². The summed E-state index contributed by atoms with van der Waals surface area (Å²) in [6, 6.07) is 11.1. The Kier molecular flexibility index (Phi) is 11.3. The second kappa shape index (κ2) is 16.8. The van der Waals surface area contributed by atoms with E-state index in [9.17, 15) is 29.1 Å². The maximum Gasteiger partial charge on any atom is 0.407 e. The summed E-state index contributed by atoms with van der Waals surface area (Å²) in [5, 5.41) is 19.4. The quantitative estimate of drug-likeness (QED) is 0.0825. The second-order valence-corrected chi connectivity index (χ2v) is 16.6. The number of nitrogens with zero attached hydrogens (tertiary/aromatic N) is 4. The highest BCUT2D eigenvalue weighted by Gasteiger charge is 2.39. The number of benzene rings is 2. The Labute approximate surface area is 350 Å². The number of fused-ring (bicyclic) bond motifs is 3. The van der Waals surface area contributed by atoms with Gasteiger partial charge in [-0.3, -0.25) is 19.2 Å². The Morgan fingerprint density at radius 1 is 0.770 bits per heavy atom. The van der Waals surface area contributed by atoms with E-state index in [1.165, 1.54) is 7.11 Å². The summed E-state index contributed by atoms with van der Waals surface area (Å²) in [5.41, 5.74) is 5.56. The molecule has 0 saturated carbocycles. The van der Waals surface area contributed by atoms with Crippen LogP contribution in [0, 0.1) is 11.8 Å². The lowest BCUT2D eigenvalue weighted by Crippen LogP contribution is -2.51. The van der Waals surface area contributed by atoms with Gasteiger partial charge in [-0.25, -0.2) is 14.8 Å². The van der Waals surface area contributed by atoms with Crippen molar-refractivity contribution in [2.45, 2.75) is 77.5 Å². The van der Waals surface area contributed by atoms with Crippen LogP contribution in [0.25, 0.3) is 44.2 Å². The molecule has 2 saturated heterocycles. The minimum atomic E-state index is -0.767. The molecule has 2 fully saturated rings. The molecule has 0 bridgehead atoms. The minimum absolute atomic E-state index is 0.132. The van der Waals surface area contributed by atoms with Crippen molar-refractivity contribution in [3.05, 3.63) is 66.0 Å². The average Bonchev–Trinajstić information content (AvgIpc) is 4.10. The van der Waals surface area contributed by atoms with E-state index in [1.54, 1.807) is 22.1 Å². The molecule has 6 heterocycles. The van der Waals surface area contributed by atoms with E-state index in [4.69, 9.17) is 9.72 Å². The predicted molar refractivity (Wildman–Crippen MR) is 227 cm³/mol. The van der Waals surface area contributed by atoms with Crippen LogP contribution < -0.4 is 16.0 Å². The van der Waals surface area contributed by atoms with Crippen molar-refractivity contribution in [3.8, 4) is 11.4 Å². The summed E-state index contributed by atoms with van der Waals surface area (Å²) in [6.07, 6.45) is 4.15. The van der Waals surface area contributed by atoms with Crippen molar-refractivity contribution in [2.24, 2.45) is 11.8 Å². The number of alkyl carbamates (subject to hydrolysis) is 1. The molecular formula is C43H51N11O7. The van der Waals surface area contributed by atoms with Crippen LogP contribution in [0.4, 0.5) is 10.5 Å². The number of hydrogen-bond acceptors (Lipinski definition) is 9. The maximum atomic E-state index is 13.6. The molecule has 2 aliphatic rings. The number of amides is 5. The summed E-state index contributed by atoms with van der Waals surface area (Å²) in [5.74, 6) is -0.311. The summed E-state index contributed by atoms with van der Waals surface area (Å²) in [4.78, 5) is 91.1. The summed E-state index contributed by atoms with van der Waals surface area (Å²) < 4.78 is 4.76. The molecule has 5 amide bonds. The van der Waals surface area contributed by atoms with Gasteiger partial charge in [0, 0.05) is 40.6 Å². The lowest BCUT2D eigenvalue weighted by atomic mass is 10.0. The number of aromatic amines is 4. The van der Waals surface area contributed by atoms with Crippen LogP contribution in [0.1, 0.15) is 87.6 Å². The Morgan fingerprint density at radius 2 is 1.43 bits per heavy atom. The van der Waals surface area contributed by atoms with Gasteiger partial charge in [-0.15, -0.1) is 0 Å². The second-order valence-electron chi connectivity index (χ2n) is 16.6. The summed E-state index contributed by atoms with van der Waals surface area (Å²) in [6.45, 7) is 7.86. The molecule has 4 aromatic heterocycles. The fourth-order valence-corrected chi connectivity index (χ4v) is 8.56. The number of hydrogen-bond donors (Lipinski definition) is 8. The van der Waals surface area contributed by atoms with Gasteiger partial charge in [-0.05, 0) is 80.0 Å². The van der Waals surface area contributed by atoms with Crippen molar-refractivity contribution >= 4 is 68.2 Å². The molecule has 0 radical (unpaired) electrons. The van der Waals surface area contributed by atoms with Crippen LogP contribution in [-0.2, 0) is 19.1 Å². The normalized spacial score (nSPS) is 17.8. The monoisotopic (exact) mass is 833 g/mol. The van der Waals surface area contributed by atoms with Crippen molar-refractivity contribution in [1.82, 2.24) is 50.3 Å². The molecule has 8 rings (SSSR count). The van der Waals surface area contributed by atoms with Crippen molar-refractivity contribution < 1.29 is 33.8 Å². The van der Waals surface area contributed by atoms with Crippen LogP contribution in [-0.4, -0.2) is 113 Å². The molecule has 61 heavy (non-hydrogen) atoms. The number of aliphatic hydroxyl groups is 1. The van der Waals surface area contributed by atoms with Gasteiger partial charge in [0.2, 0.25) is 17.7 Å². The average molecular weight is 834 g/mol. The van der Waals surface area contributed by atoms with Crippen molar-refractivity contribution in [3.63, 3.8) is 0 Å². The number of methoxy groups -OCH3 is 1. The molecule has 18 nitrogen and oxygen atoms in total. The molecule has 8 N–H and O–H groups in total. The van der Waals surface area contributed by atoms with Crippen molar-refractivity contribution in [2.75, 3.05) is 32.1 Å². The molecule has 4 unspecified atom stereocenters. The number of rotatable bonds is 12. The number of ether oxygens (including phenoxy) is 1. The summed E-state index contributed by atoms with van der Waals surface area (Å²) >= 11 is 0. The molecule has 0 aliphatic carbocycles. The van der Waals surface area contributed by atoms with E-state index in [2.05, 4.69) is 40.9 Å². The van der Waals surface area contributed by atoms with E-state index in [0.29, 0.717) is 53.6 Å². The number of likely N-dealkylation sites (tertiary alicyclic amines) is 2. The Balaban J connectivity index is 0.946. The van der Waals surface area contributed by atoms with Gasteiger partial charge >= 0.3 is 6.09 Å². The minimum Gasteiger partial charge on any atom is -0.453 e. The fraction of sp³-hybridized carbons (Fsp3) is 0.419. The van der Waals surface area contributed by atoms with E-state index in [0.717, 1.165) is 52.5 Å². The van der Waals surface area contributed by atoms with Gasteiger partial charge in [0.15, 0.2) is 0 Å². The van der Waals surface area contributed by atoms with Gasteiger partial charge in [-0.2, -0.15) is 0 Å². The van der Waals surface area contributed by atoms with Gasteiger partial charge in [0.1, 0.15) is 36.0 Å². The standard InChI is InChI=1S/C43H51N11O7/c1-21(2)36(51-35(56)20-55)41(58)54-13-7-9-34(54)39-48-26-11-10-25(17-30(26)49-39)45-40(57)31-16-24-14-23-15-29(46-27(23)18-28(24)47-31)32-19-44-38(50-32)33-8-6-12-53(33)42(59)37(22(3)4)52-43(60)61-5/h10-11,14-19,21-22,33-34,36-37,46-47,55H,6-9,12-13,20H2,1-5H3,(H,44,50)(H,45,57)(H,48,49)(H,51,56)(H,52,60). The largest absolute Gasteiger partial charge is 0.453 e. The van der Waals surface area contributed by atoms with Gasteiger partial charge in [-0.1, -0.05) is 27.7 Å². The van der Waals surface area contributed by atoms with Crippen LogP contribution in [0.5, 0.6) is 0 Å². The first kappa shape index (κ1) is 41.1. The number of imidazole rings is 2. The van der Waals surface area contributed by atoms with E-state index < -0.39 is 30.7 Å². The first-order valence-electron chi connectivity index (χ1n) is 20.7. The number of nitrogens with one attached hydrogen (secondary N) is 7. The van der Waals surface area contributed by atoms with Crippen LogP contribution in [0.15, 0.2) is 48.7 Å². The molecule has 320 valence electrons. The first-order valence-corrected chi connectivity index (χ1v) is 20.7. The SMILES string of the molecule is COC(=O)NC(C(=O)N1CCCC1c1ncc(-c2cc3cc4cc(C(=O)Nc5ccc6nc(C7CCCN7C(=O)C(NC(=O)CO)C(C)C)[nH]c6c5)[nH]c4cc3[nH]2)[nH]1)C(C)C. The zero-order valence-corrected chi connectivity index (χ0v) is 34.7. The smallest absolute Gasteiger partial charge is 0.407 e. The molecule has 6 aromatic rings. The Morgan fingerprint density at radius 3 is 2.10 bits per heavy atom. The van der Waals surface area contributed by atoms with Crippen LogP contribution in [0.2, 0.25) is 0 Å². The van der Waals surface area contributed by atoms with Crippen molar-refractivity contribution in [1.29, 1.82) is 0 Å². The number of H-pyrrole nitrogens is 4. The van der Waals surface area contributed by atoms with Crippen LogP contribution >= 0.6 is 0 Å². The number of anilines is 1. The molecule has 2 aromatic carbocycles. The highest BCUT2D eigenvalue weighted by Crippen LogP contribution is 2.35. The highest BCUT2D eigenvalue weighted by atomic mass is 16.5. The molecule has 4 atom stereocenters. The molecule has 2 aliphatic heterocycles. The van der Waals surface area contributed by atoms with E-state index in [-0.39, 0.29) is 41.6 Å². The number of aromatic nitrogens is 6. The predicted octanol–water partition coefficient (Wildman–Crippen LogP) is 5.01.